The van der Waals surface area contributed by atoms with Gasteiger partial charge in [-0.3, -0.25) is 0 Å². The third kappa shape index (κ3) is 3.36. The molecule has 17 heavy (non-hydrogen) atoms. The molecule has 0 spiro atoms. The van der Waals surface area contributed by atoms with Crippen LogP contribution in [0.4, 0.5) is 0 Å². The predicted octanol–water partition coefficient (Wildman–Crippen LogP) is 2.80. The zero-order valence-corrected chi connectivity index (χ0v) is 11.3. The Labute approximate surface area is 105 Å². The van der Waals surface area contributed by atoms with Crippen molar-refractivity contribution >= 4 is 5.96 Å². The van der Waals surface area contributed by atoms with Crippen LogP contribution in [0.3, 0.4) is 0 Å². The lowest BCUT2D eigenvalue weighted by atomic mass is 9.88. The number of hydrogen-bond donors (Lipinski definition) is 2. The molecule has 0 aromatic carbocycles. The fraction of sp³-hybridized carbons (Fsp3) is 0.929. The van der Waals surface area contributed by atoms with Gasteiger partial charge in [-0.2, -0.15) is 0 Å². The molecule has 3 N–H and O–H groups in total. The van der Waals surface area contributed by atoms with Crippen molar-refractivity contribution in [1.82, 2.24) is 5.32 Å². The van der Waals surface area contributed by atoms with Crippen LogP contribution in [0.2, 0.25) is 0 Å². The number of rotatable bonds is 2. The van der Waals surface area contributed by atoms with Crippen molar-refractivity contribution in [2.24, 2.45) is 16.1 Å². The lowest BCUT2D eigenvalue weighted by Crippen LogP contribution is -2.42. The molecule has 2 fully saturated rings. The largest absolute Gasteiger partial charge is 0.370 e. The van der Waals surface area contributed by atoms with E-state index in [0.29, 0.717) is 23.5 Å². The second-order valence-electron chi connectivity index (χ2n) is 6.39. The average Bonchev–Trinajstić information content (AvgIpc) is 2.59. The third-order valence-corrected chi connectivity index (χ3v) is 4.45. The first-order chi connectivity index (χ1) is 8.08. The van der Waals surface area contributed by atoms with E-state index >= 15 is 0 Å². The highest BCUT2D eigenvalue weighted by Gasteiger charge is 2.34. The molecule has 3 heteroatoms. The predicted molar refractivity (Wildman–Crippen MR) is 73.1 cm³/mol. The van der Waals surface area contributed by atoms with Crippen molar-refractivity contribution in [1.29, 1.82) is 0 Å². The summed E-state index contributed by atoms with van der Waals surface area (Å²) in [4.78, 5) is 4.71. The van der Waals surface area contributed by atoms with E-state index in [9.17, 15) is 0 Å². The summed E-state index contributed by atoms with van der Waals surface area (Å²) < 4.78 is 0. The number of nitrogens with zero attached hydrogens (tertiary/aromatic N) is 1. The molecule has 2 saturated carbocycles. The molecule has 3 nitrogen and oxygen atoms in total. The van der Waals surface area contributed by atoms with Crippen molar-refractivity contribution < 1.29 is 0 Å². The molecular weight excluding hydrogens is 210 g/mol. The van der Waals surface area contributed by atoms with Gasteiger partial charge in [-0.25, -0.2) is 4.99 Å². The Morgan fingerprint density at radius 3 is 2.41 bits per heavy atom. The molecule has 2 rings (SSSR count). The quantitative estimate of drug-likeness (QED) is 0.573. The molecular formula is C14H27N3. The first kappa shape index (κ1) is 12.7. The topological polar surface area (TPSA) is 50.4 Å². The van der Waals surface area contributed by atoms with Crippen LogP contribution >= 0.6 is 0 Å². The average molecular weight is 237 g/mol. The van der Waals surface area contributed by atoms with E-state index < -0.39 is 0 Å². The molecule has 0 radical (unpaired) electrons. The van der Waals surface area contributed by atoms with Gasteiger partial charge >= 0.3 is 0 Å². The maximum Gasteiger partial charge on any atom is 0.189 e. The maximum absolute atomic E-state index is 6.04. The van der Waals surface area contributed by atoms with Crippen LogP contribution in [0.25, 0.3) is 0 Å². The highest BCUT2D eigenvalue weighted by Crippen LogP contribution is 2.39. The van der Waals surface area contributed by atoms with Gasteiger partial charge in [-0.15, -0.1) is 0 Å². The number of hydrogen-bond acceptors (Lipinski definition) is 1. The summed E-state index contributed by atoms with van der Waals surface area (Å²) >= 11 is 0. The smallest absolute Gasteiger partial charge is 0.189 e. The standard InChI is InChI=1S/C14H27N3/c1-14(2)10-6-9-12(14)17-13(15)16-11-7-4-3-5-8-11/h11-12H,3-10H2,1-2H3,(H3,15,16,17). The van der Waals surface area contributed by atoms with Gasteiger partial charge in [-0.1, -0.05) is 39.5 Å². The van der Waals surface area contributed by atoms with E-state index in [1.54, 1.807) is 0 Å². The Morgan fingerprint density at radius 1 is 1.12 bits per heavy atom. The lowest BCUT2D eigenvalue weighted by Gasteiger charge is -2.26. The molecule has 0 amide bonds. The molecule has 2 aliphatic rings. The summed E-state index contributed by atoms with van der Waals surface area (Å²) in [6.07, 6.45) is 10.3. The normalized spacial score (nSPS) is 30.5. The molecule has 0 bridgehead atoms. The summed E-state index contributed by atoms with van der Waals surface area (Å²) in [6, 6.07) is 0.982. The molecule has 2 aliphatic carbocycles. The van der Waals surface area contributed by atoms with Gasteiger partial charge in [0.05, 0.1) is 6.04 Å². The molecule has 0 aromatic rings. The van der Waals surface area contributed by atoms with Gasteiger partial charge in [-0.05, 0) is 31.1 Å². The fourth-order valence-corrected chi connectivity index (χ4v) is 3.21. The summed E-state index contributed by atoms with van der Waals surface area (Å²) in [6.45, 7) is 4.62. The van der Waals surface area contributed by atoms with Crippen molar-refractivity contribution in [3.05, 3.63) is 0 Å². The minimum atomic E-state index is 0.332. The van der Waals surface area contributed by atoms with Gasteiger partial charge in [0.15, 0.2) is 5.96 Å². The zero-order valence-electron chi connectivity index (χ0n) is 11.3. The van der Waals surface area contributed by atoms with Crippen LogP contribution in [0.5, 0.6) is 0 Å². The minimum absolute atomic E-state index is 0.332. The third-order valence-electron chi connectivity index (χ3n) is 4.45. The summed E-state index contributed by atoms with van der Waals surface area (Å²) in [5.41, 5.74) is 6.38. The summed E-state index contributed by atoms with van der Waals surface area (Å²) in [5, 5.41) is 3.41. The van der Waals surface area contributed by atoms with Gasteiger partial charge in [0.25, 0.3) is 0 Å². The van der Waals surface area contributed by atoms with Crippen molar-refractivity contribution in [2.75, 3.05) is 0 Å². The number of aliphatic imine (C=N–C) groups is 1. The van der Waals surface area contributed by atoms with E-state index in [0.717, 1.165) is 0 Å². The second-order valence-corrected chi connectivity index (χ2v) is 6.39. The molecule has 0 saturated heterocycles. The Hall–Kier alpha value is -0.730. The van der Waals surface area contributed by atoms with E-state index in [2.05, 4.69) is 19.2 Å². The van der Waals surface area contributed by atoms with Crippen LogP contribution in [0.1, 0.15) is 65.2 Å². The number of guanidine groups is 1. The van der Waals surface area contributed by atoms with Crippen LogP contribution in [-0.2, 0) is 0 Å². The number of nitrogens with two attached hydrogens (primary N) is 1. The molecule has 0 heterocycles. The Kier molecular flexibility index (Phi) is 3.95. The molecule has 98 valence electrons. The Balaban J connectivity index is 1.87. The fourth-order valence-electron chi connectivity index (χ4n) is 3.21. The van der Waals surface area contributed by atoms with E-state index in [1.165, 1.54) is 51.4 Å². The van der Waals surface area contributed by atoms with Gasteiger partial charge in [0.1, 0.15) is 0 Å². The number of nitrogens with one attached hydrogen (secondary N) is 1. The lowest BCUT2D eigenvalue weighted by molar-refractivity contribution is 0.332. The highest BCUT2D eigenvalue weighted by atomic mass is 15.1. The van der Waals surface area contributed by atoms with Crippen LogP contribution < -0.4 is 11.1 Å². The second kappa shape index (κ2) is 5.28. The first-order valence-electron chi connectivity index (χ1n) is 7.18. The maximum atomic E-state index is 6.04. The summed E-state index contributed by atoms with van der Waals surface area (Å²) in [7, 11) is 0. The molecule has 0 aromatic heterocycles. The SMILES string of the molecule is CC1(C)CCCC1N=C(N)NC1CCCCC1. The van der Waals surface area contributed by atoms with E-state index in [1.807, 2.05) is 0 Å². The van der Waals surface area contributed by atoms with E-state index in [4.69, 9.17) is 10.7 Å². The van der Waals surface area contributed by atoms with Crippen molar-refractivity contribution in [2.45, 2.75) is 77.3 Å². The van der Waals surface area contributed by atoms with Crippen LogP contribution in [0, 0.1) is 5.41 Å². The summed E-state index contributed by atoms with van der Waals surface area (Å²) in [5.74, 6) is 0.678. The van der Waals surface area contributed by atoms with E-state index in [-0.39, 0.29) is 0 Å². The van der Waals surface area contributed by atoms with Crippen LogP contribution in [0.15, 0.2) is 4.99 Å². The molecule has 1 atom stereocenters. The van der Waals surface area contributed by atoms with Gasteiger partial charge < -0.3 is 11.1 Å². The Bertz CT molecular complexity index is 277. The highest BCUT2D eigenvalue weighted by molar-refractivity contribution is 5.78. The Morgan fingerprint density at radius 2 is 1.82 bits per heavy atom. The minimum Gasteiger partial charge on any atom is -0.370 e. The monoisotopic (exact) mass is 237 g/mol. The first-order valence-corrected chi connectivity index (χ1v) is 7.18. The van der Waals surface area contributed by atoms with Crippen molar-refractivity contribution in [3.8, 4) is 0 Å². The van der Waals surface area contributed by atoms with Gasteiger partial charge in [0.2, 0.25) is 0 Å². The van der Waals surface area contributed by atoms with Crippen molar-refractivity contribution in [3.63, 3.8) is 0 Å². The molecule has 1 unspecified atom stereocenters. The molecule has 0 aliphatic heterocycles. The van der Waals surface area contributed by atoms with Gasteiger partial charge in [0, 0.05) is 6.04 Å². The zero-order chi connectivity index (χ0) is 12.3. The van der Waals surface area contributed by atoms with Crippen LogP contribution in [-0.4, -0.2) is 18.0 Å².